The quantitative estimate of drug-likeness (QED) is 0.743. The summed E-state index contributed by atoms with van der Waals surface area (Å²) in [6, 6.07) is 14.6. The van der Waals surface area contributed by atoms with Gasteiger partial charge in [-0.3, -0.25) is 0 Å². The highest BCUT2D eigenvalue weighted by molar-refractivity contribution is 9.10. The number of urea groups is 1. The first-order chi connectivity index (χ1) is 11.6. The van der Waals surface area contributed by atoms with Gasteiger partial charge in [0.25, 0.3) is 0 Å². The van der Waals surface area contributed by atoms with Crippen molar-refractivity contribution in [3.05, 3.63) is 69.7 Å². The molecule has 6 heteroatoms. The van der Waals surface area contributed by atoms with Crippen molar-refractivity contribution in [1.82, 2.24) is 10.6 Å². The molecule has 0 heterocycles. The van der Waals surface area contributed by atoms with Crippen molar-refractivity contribution in [1.29, 1.82) is 0 Å². The lowest BCUT2D eigenvalue weighted by molar-refractivity contribution is 0.0600. The molecule has 0 saturated heterocycles. The lowest BCUT2D eigenvalue weighted by Crippen LogP contribution is -2.36. The number of amides is 2. The Morgan fingerprint density at radius 2 is 1.75 bits per heavy atom. The zero-order valence-corrected chi connectivity index (χ0v) is 14.9. The number of halogens is 1. The van der Waals surface area contributed by atoms with E-state index in [2.05, 4.69) is 31.3 Å². The van der Waals surface area contributed by atoms with Crippen LogP contribution in [-0.2, 0) is 17.7 Å². The number of carbonyl (C=O) groups excluding carboxylic acids is 2. The highest BCUT2D eigenvalue weighted by atomic mass is 79.9. The molecule has 2 N–H and O–H groups in total. The summed E-state index contributed by atoms with van der Waals surface area (Å²) >= 11 is 3.48. The van der Waals surface area contributed by atoms with Gasteiger partial charge in [0.05, 0.1) is 12.7 Å². The number of methoxy groups -OCH3 is 1. The van der Waals surface area contributed by atoms with E-state index in [0.29, 0.717) is 18.7 Å². The van der Waals surface area contributed by atoms with E-state index in [1.807, 2.05) is 24.3 Å². The molecule has 0 unspecified atom stereocenters. The number of hydrogen-bond donors (Lipinski definition) is 2. The van der Waals surface area contributed by atoms with E-state index in [-0.39, 0.29) is 12.0 Å². The van der Waals surface area contributed by atoms with Crippen molar-refractivity contribution in [3.63, 3.8) is 0 Å². The number of ether oxygens (including phenoxy) is 1. The van der Waals surface area contributed by atoms with E-state index in [0.717, 1.165) is 22.0 Å². The summed E-state index contributed by atoms with van der Waals surface area (Å²) < 4.78 is 5.68. The molecule has 0 fully saturated rings. The molecule has 0 spiro atoms. The van der Waals surface area contributed by atoms with Gasteiger partial charge in [-0.05, 0) is 35.7 Å². The lowest BCUT2D eigenvalue weighted by atomic mass is 10.1. The Morgan fingerprint density at radius 1 is 1.04 bits per heavy atom. The molecule has 2 amide bonds. The zero-order valence-electron chi connectivity index (χ0n) is 13.3. The Hall–Kier alpha value is -2.34. The van der Waals surface area contributed by atoms with E-state index in [1.165, 1.54) is 7.11 Å². The van der Waals surface area contributed by atoms with E-state index < -0.39 is 0 Å². The van der Waals surface area contributed by atoms with Crippen LogP contribution in [0.5, 0.6) is 0 Å². The summed E-state index contributed by atoms with van der Waals surface area (Å²) in [6.45, 7) is 0.943. The van der Waals surface area contributed by atoms with E-state index >= 15 is 0 Å². The van der Waals surface area contributed by atoms with Gasteiger partial charge in [-0.2, -0.15) is 0 Å². The molecule has 0 aliphatic rings. The first kappa shape index (κ1) is 18.0. The van der Waals surface area contributed by atoms with Crippen molar-refractivity contribution in [3.8, 4) is 0 Å². The van der Waals surface area contributed by atoms with Gasteiger partial charge in [0.15, 0.2) is 0 Å². The first-order valence-corrected chi connectivity index (χ1v) is 8.32. The fourth-order valence-corrected chi connectivity index (χ4v) is 2.62. The monoisotopic (exact) mass is 390 g/mol. The summed E-state index contributed by atoms with van der Waals surface area (Å²) in [6.07, 6.45) is 0.753. The second kappa shape index (κ2) is 9.08. The summed E-state index contributed by atoms with van der Waals surface area (Å²) in [5.74, 6) is -0.376. The van der Waals surface area contributed by atoms with Crippen LogP contribution in [0.2, 0.25) is 0 Å². The Labute approximate surface area is 149 Å². The standard InChI is InChI=1S/C18H19BrN2O3/c1-24-17(22)15-8-6-13(7-9-15)12-21-18(23)20-11-10-14-4-2-3-5-16(14)19/h2-9H,10-12H2,1H3,(H2,20,21,23). The molecule has 5 nitrogen and oxygen atoms in total. The van der Waals surface area contributed by atoms with Crippen molar-refractivity contribution >= 4 is 27.9 Å². The number of nitrogens with one attached hydrogen (secondary N) is 2. The number of rotatable bonds is 6. The molecule has 0 atom stereocenters. The van der Waals surface area contributed by atoms with Gasteiger partial charge >= 0.3 is 12.0 Å². The SMILES string of the molecule is COC(=O)c1ccc(CNC(=O)NCCc2ccccc2Br)cc1. The molecule has 0 bridgehead atoms. The Morgan fingerprint density at radius 3 is 2.42 bits per heavy atom. The third-order valence-corrected chi connectivity index (χ3v) is 4.24. The summed E-state index contributed by atoms with van der Waals surface area (Å²) in [5.41, 5.74) is 2.54. The van der Waals surface area contributed by atoms with Gasteiger partial charge in [0.1, 0.15) is 0 Å². The highest BCUT2D eigenvalue weighted by Crippen LogP contribution is 2.15. The third-order valence-electron chi connectivity index (χ3n) is 3.47. The fraction of sp³-hybridized carbons (Fsp3) is 0.222. The number of esters is 1. The van der Waals surface area contributed by atoms with E-state index in [1.54, 1.807) is 24.3 Å². The fourth-order valence-electron chi connectivity index (χ4n) is 2.13. The van der Waals surface area contributed by atoms with Crippen LogP contribution in [0.25, 0.3) is 0 Å². The van der Waals surface area contributed by atoms with E-state index in [9.17, 15) is 9.59 Å². The molecule has 2 rings (SSSR count). The van der Waals surface area contributed by atoms with Crippen LogP contribution in [0.15, 0.2) is 53.0 Å². The highest BCUT2D eigenvalue weighted by Gasteiger charge is 2.05. The van der Waals surface area contributed by atoms with Crippen LogP contribution < -0.4 is 10.6 Å². The Balaban J connectivity index is 1.73. The predicted octanol–water partition coefficient (Wildman–Crippen LogP) is 3.28. The molecule has 2 aromatic carbocycles. The topological polar surface area (TPSA) is 67.4 Å². The summed E-state index contributed by atoms with van der Waals surface area (Å²) in [5, 5.41) is 5.61. The van der Waals surface area contributed by atoms with Gasteiger partial charge in [0, 0.05) is 17.6 Å². The molecule has 126 valence electrons. The first-order valence-electron chi connectivity index (χ1n) is 7.52. The Kier molecular flexibility index (Phi) is 6.81. The Bertz CT molecular complexity index is 702. The molecule has 0 aliphatic heterocycles. The number of hydrogen-bond acceptors (Lipinski definition) is 3. The smallest absolute Gasteiger partial charge is 0.337 e. The van der Waals surface area contributed by atoms with Crippen molar-refractivity contribution in [2.75, 3.05) is 13.7 Å². The number of carbonyl (C=O) groups is 2. The second-order valence-electron chi connectivity index (χ2n) is 5.14. The largest absolute Gasteiger partial charge is 0.465 e. The lowest BCUT2D eigenvalue weighted by Gasteiger charge is -2.09. The molecule has 0 radical (unpaired) electrons. The van der Waals surface area contributed by atoms with Gasteiger partial charge in [-0.15, -0.1) is 0 Å². The average Bonchev–Trinajstić information content (AvgIpc) is 2.61. The maximum absolute atomic E-state index is 11.8. The summed E-state index contributed by atoms with van der Waals surface area (Å²) in [7, 11) is 1.34. The molecule has 0 aliphatic carbocycles. The molecule has 2 aromatic rings. The third kappa shape index (κ3) is 5.38. The maximum Gasteiger partial charge on any atom is 0.337 e. The van der Waals surface area contributed by atoms with Crippen LogP contribution in [0.1, 0.15) is 21.5 Å². The van der Waals surface area contributed by atoms with Crippen LogP contribution in [0.3, 0.4) is 0 Å². The molecule has 0 aromatic heterocycles. The van der Waals surface area contributed by atoms with E-state index in [4.69, 9.17) is 0 Å². The minimum absolute atomic E-state index is 0.223. The van der Waals surface area contributed by atoms with Gasteiger partial charge in [-0.1, -0.05) is 46.3 Å². The van der Waals surface area contributed by atoms with Gasteiger partial charge in [-0.25, -0.2) is 9.59 Å². The van der Waals surface area contributed by atoms with Crippen molar-refractivity contribution < 1.29 is 14.3 Å². The molecular weight excluding hydrogens is 372 g/mol. The molecule has 24 heavy (non-hydrogen) atoms. The normalized spacial score (nSPS) is 10.1. The van der Waals surface area contributed by atoms with Crippen LogP contribution in [0, 0.1) is 0 Å². The minimum Gasteiger partial charge on any atom is -0.465 e. The molecular formula is C18H19BrN2O3. The molecule has 0 saturated carbocycles. The second-order valence-corrected chi connectivity index (χ2v) is 5.99. The van der Waals surface area contributed by atoms with Crippen LogP contribution >= 0.6 is 15.9 Å². The maximum atomic E-state index is 11.8. The van der Waals surface area contributed by atoms with Gasteiger partial charge in [0.2, 0.25) is 0 Å². The van der Waals surface area contributed by atoms with Gasteiger partial charge < -0.3 is 15.4 Å². The predicted molar refractivity (Wildman–Crippen MR) is 95.9 cm³/mol. The van der Waals surface area contributed by atoms with Crippen molar-refractivity contribution in [2.45, 2.75) is 13.0 Å². The number of benzene rings is 2. The van der Waals surface area contributed by atoms with Crippen LogP contribution in [-0.4, -0.2) is 25.7 Å². The minimum atomic E-state index is -0.376. The summed E-state index contributed by atoms with van der Waals surface area (Å²) in [4.78, 5) is 23.1. The zero-order chi connectivity index (χ0) is 17.4. The average molecular weight is 391 g/mol. The van der Waals surface area contributed by atoms with Crippen molar-refractivity contribution in [2.24, 2.45) is 0 Å². The van der Waals surface area contributed by atoms with Crippen LogP contribution in [0.4, 0.5) is 4.79 Å².